The molecule has 1 heterocycles. The molecule has 1 aromatic rings. The Hall–Kier alpha value is -0.510. The maximum atomic E-state index is 9.79. The number of hydrogen-bond donors (Lipinski definition) is 1. The molecule has 0 aliphatic carbocycles. The first kappa shape index (κ1) is 10.0. The number of alkyl halides is 1. The number of thioether (sulfide) groups is 1. The van der Waals surface area contributed by atoms with E-state index in [4.69, 9.17) is 11.6 Å². The molecule has 1 unspecified atom stereocenters. The number of benzene rings is 1. The minimum absolute atomic E-state index is 0.149. The van der Waals surface area contributed by atoms with Crippen LogP contribution < -0.4 is 0 Å². The summed E-state index contributed by atoms with van der Waals surface area (Å²) in [6, 6.07) is 9.82. The van der Waals surface area contributed by atoms with Gasteiger partial charge in [-0.05, 0) is 0 Å². The fourth-order valence-electron chi connectivity index (χ4n) is 1.23. The van der Waals surface area contributed by atoms with Crippen molar-refractivity contribution < 1.29 is 5.11 Å². The molecule has 2 rings (SSSR count). The van der Waals surface area contributed by atoms with Crippen LogP contribution in [0.4, 0.5) is 0 Å². The predicted octanol–water partition coefficient (Wildman–Crippen LogP) is 2.11. The molecule has 2 nitrogen and oxygen atoms in total. The van der Waals surface area contributed by atoms with Gasteiger partial charge in [-0.25, -0.2) is 4.99 Å². The summed E-state index contributed by atoms with van der Waals surface area (Å²) < 4.78 is 0. The highest BCUT2D eigenvalue weighted by Gasteiger charge is 2.32. The van der Waals surface area contributed by atoms with E-state index in [1.807, 2.05) is 30.3 Å². The third-order valence-corrected chi connectivity index (χ3v) is 3.62. The van der Waals surface area contributed by atoms with Gasteiger partial charge in [-0.15, -0.1) is 23.4 Å². The van der Waals surface area contributed by atoms with Gasteiger partial charge in [-0.2, -0.15) is 0 Å². The van der Waals surface area contributed by atoms with Crippen molar-refractivity contribution in [1.29, 1.82) is 0 Å². The van der Waals surface area contributed by atoms with Crippen molar-refractivity contribution in [2.45, 2.75) is 5.72 Å². The number of rotatable bonds is 2. The Morgan fingerprint density at radius 3 is 2.71 bits per heavy atom. The first-order valence-corrected chi connectivity index (χ1v) is 5.82. The number of aliphatic hydroxyl groups is 1. The van der Waals surface area contributed by atoms with Crippen LogP contribution in [-0.2, 0) is 0 Å². The largest absolute Gasteiger partial charge is 0.367 e. The van der Waals surface area contributed by atoms with E-state index in [1.165, 1.54) is 0 Å². The van der Waals surface area contributed by atoms with Crippen LogP contribution in [0.3, 0.4) is 0 Å². The van der Waals surface area contributed by atoms with Crippen molar-refractivity contribution >= 4 is 28.4 Å². The third-order valence-electron chi connectivity index (χ3n) is 1.98. The van der Waals surface area contributed by atoms with Crippen molar-refractivity contribution in [3.8, 4) is 0 Å². The van der Waals surface area contributed by atoms with Gasteiger partial charge in [0.25, 0.3) is 0 Å². The first-order valence-electron chi connectivity index (χ1n) is 4.30. The predicted molar refractivity (Wildman–Crippen MR) is 61.1 cm³/mol. The monoisotopic (exact) mass is 227 g/mol. The van der Waals surface area contributed by atoms with E-state index >= 15 is 0 Å². The second kappa shape index (κ2) is 3.93. The van der Waals surface area contributed by atoms with E-state index < -0.39 is 5.72 Å². The van der Waals surface area contributed by atoms with Gasteiger partial charge in [0.2, 0.25) is 0 Å². The summed E-state index contributed by atoms with van der Waals surface area (Å²) in [5, 5.41) is 10.7. The lowest BCUT2D eigenvalue weighted by molar-refractivity contribution is 0.103. The zero-order valence-corrected chi connectivity index (χ0v) is 9.05. The minimum Gasteiger partial charge on any atom is -0.367 e. The van der Waals surface area contributed by atoms with E-state index in [1.54, 1.807) is 11.8 Å². The molecule has 0 saturated carbocycles. The average Bonchev–Trinajstić information content (AvgIpc) is 2.63. The SMILES string of the molecule is OC1(CCl)CSC(c2ccccc2)=N1. The second-order valence-electron chi connectivity index (χ2n) is 3.19. The standard InChI is InChI=1S/C10H10ClNOS/c11-6-10(13)7-14-9(12-10)8-4-2-1-3-5-8/h1-5,13H,6-7H2. The summed E-state index contributed by atoms with van der Waals surface area (Å²) in [6.07, 6.45) is 0. The van der Waals surface area contributed by atoms with E-state index in [9.17, 15) is 5.11 Å². The zero-order valence-electron chi connectivity index (χ0n) is 7.48. The van der Waals surface area contributed by atoms with Crippen molar-refractivity contribution in [2.24, 2.45) is 4.99 Å². The van der Waals surface area contributed by atoms with Crippen LogP contribution in [0.2, 0.25) is 0 Å². The molecule has 0 bridgehead atoms. The molecule has 0 saturated heterocycles. The van der Waals surface area contributed by atoms with Gasteiger partial charge in [-0.3, -0.25) is 0 Å². The van der Waals surface area contributed by atoms with Crippen molar-refractivity contribution in [3.05, 3.63) is 35.9 Å². The molecule has 0 spiro atoms. The molecular weight excluding hydrogens is 218 g/mol. The van der Waals surface area contributed by atoms with E-state index in [2.05, 4.69) is 4.99 Å². The Morgan fingerprint density at radius 2 is 2.14 bits per heavy atom. The van der Waals surface area contributed by atoms with Gasteiger partial charge in [0.1, 0.15) is 5.04 Å². The normalized spacial score (nSPS) is 26.3. The van der Waals surface area contributed by atoms with Gasteiger partial charge in [0.05, 0.1) is 11.6 Å². The molecule has 0 radical (unpaired) electrons. The molecule has 74 valence electrons. The summed E-state index contributed by atoms with van der Waals surface area (Å²) >= 11 is 7.17. The molecule has 0 aromatic heterocycles. The third kappa shape index (κ3) is 1.95. The first-order chi connectivity index (χ1) is 6.73. The van der Waals surface area contributed by atoms with Crippen LogP contribution in [0.5, 0.6) is 0 Å². The maximum absolute atomic E-state index is 9.79. The maximum Gasteiger partial charge on any atom is 0.180 e. The highest BCUT2D eigenvalue weighted by molar-refractivity contribution is 8.14. The van der Waals surface area contributed by atoms with Crippen LogP contribution in [0.15, 0.2) is 35.3 Å². The smallest absolute Gasteiger partial charge is 0.180 e. The summed E-state index contributed by atoms with van der Waals surface area (Å²) in [6.45, 7) is 0. The van der Waals surface area contributed by atoms with Gasteiger partial charge in [0.15, 0.2) is 5.72 Å². The Balaban J connectivity index is 2.27. The highest BCUT2D eigenvalue weighted by atomic mass is 35.5. The molecule has 1 N–H and O–H groups in total. The lowest BCUT2D eigenvalue weighted by atomic mass is 10.2. The highest BCUT2D eigenvalue weighted by Crippen LogP contribution is 2.29. The van der Waals surface area contributed by atoms with E-state index in [-0.39, 0.29) is 5.88 Å². The Bertz CT molecular complexity index is 354. The minimum atomic E-state index is -1.07. The van der Waals surface area contributed by atoms with Crippen molar-refractivity contribution in [3.63, 3.8) is 0 Å². The fraction of sp³-hybridized carbons (Fsp3) is 0.300. The zero-order chi connectivity index (χ0) is 10.0. The quantitative estimate of drug-likeness (QED) is 0.785. The molecule has 1 aromatic carbocycles. The van der Waals surface area contributed by atoms with Crippen LogP contribution in [0.1, 0.15) is 5.56 Å². The van der Waals surface area contributed by atoms with E-state index in [0.29, 0.717) is 5.75 Å². The molecule has 0 fully saturated rings. The number of nitrogens with zero attached hydrogens (tertiary/aromatic N) is 1. The lowest BCUT2D eigenvalue weighted by Gasteiger charge is -2.12. The number of aliphatic imine (C=N–C) groups is 1. The lowest BCUT2D eigenvalue weighted by Crippen LogP contribution is -2.28. The fourth-order valence-corrected chi connectivity index (χ4v) is 2.57. The molecule has 1 aliphatic rings. The Morgan fingerprint density at radius 1 is 1.43 bits per heavy atom. The van der Waals surface area contributed by atoms with Crippen molar-refractivity contribution in [2.75, 3.05) is 11.6 Å². The molecule has 0 amide bonds. The Labute approximate surface area is 92.0 Å². The topological polar surface area (TPSA) is 32.6 Å². The van der Waals surface area contributed by atoms with Gasteiger partial charge in [-0.1, -0.05) is 30.3 Å². The molecule has 1 aliphatic heterocycles. The van der Waals surface area contributed by atoms with Crippen LogP contribution >= 0.6 is 23.4 Å². The van der Waals surface area contributed by atoms with Gasteiger partial charge >= 0.3 is 0 Å². The second-order valence-corrected chi connectivity index (χ2v) is 4.42. The molecule has 1 atom stereocenters. The van der Waals surface area contributed by atoms with Crippen LogP contribution in [0, 0.1) is 0 Å². The molecule has 14 heavy (non-hydrogen) atoms. The van der Waals surface area contributed by atoms with Gasteiger partial charge in [0, 0.05) is 5.56 Å². The summed E-state index contributed by atoms with van der Waals surface area (Å²) in [5.41, 5.74) is -0.0317. The van der Waals surface area contributed by atoms with Gasteiger partial charge < -0.3 is 5.11 Å². The van der Waals surface area contributed by atoms with Crippen LogP contribution in [-0.4, -0.2) is 27.5 Å². The van der Waals surface area contributed by atoms with E-state index in [0.717, 1.165) is 10.6 Å². The average molecular weight is 228 g/mol. The van der Waals surface area contributed by atoms with Crippen molar-refractivity contribution in [1.82, 2.24) is 0 Å². The summed E-state index contributed by atoms with van der Waals surface area (Å²) in [7, 11) is 0. The summed E-state index contributed by atoms with van der Waals surface area (Å²) in [5.74, 6) is 0.692. The summed E-state index contributed by atoms with van der Waals surface area (Å²) in [4.78, 5) is 4.21. The number of halogens is 1. The molecule has 4 heteroatoms. The Kier molecular flexibility index (Phi) is 2.81. The van der Waals surface area contributed by atoms with Crippen LogP contribution in [0.25, 0.3) is 0 Å². The number of hydrogen-bond acceptors (Lipinski definition) is 3. The molecular formula is C10H10ClNOS.